The van der Waals surface area contributed by atoms with Gasteiger partial charge in [0.25, 0.3) is 0 Å². The van der Waals surface area contributed by atoms with Crippen LogP contribution < -0.4 is 0 Å². The average molecular weight is 107 g/mol. The maximum absolute atomic E-state index is 6.30. The topological polar surface area (TPSA) is 0 Å². The zero-order chi connectivity index (χ0) is 3.41. The molecule has 0 spiro atoms. The van der Waals surface area contributed by atoms with E-state index in [1.165, 1.54) is 6.89 Å². The smallest absolute Gasteiger partial charge is 0.0825 e. The van der Waals surface area contributed by atoms with Crippen molar-refractivity contribution in [2.75, 3.05) is 0 Å². The van der Waals surface area contributed by atoms with Gasteiger partial charge in [-0.05, 0) is 0 Å². The van der Waals surface area contributed by atoms with Gasteiger partial charge in [0, 0.05) is 27.6 Å². The van der Waals surface area contributed by atoms with Crippen LogP contribution in [0.4, 0.5) is 0 Å². The minimum atomic E-state index is 0. The molecule has 1 unspecified atom stereocenters. The SMILES string of the molecule is [2H]P[B][B].[V]. The number of hydrogen-bond acceptors (Lipinski definition) is 0. The summed E-state index contributed by atoms with van der Waals surface area (Å²) in [5.41, 5.74) is 0. The minimum Gasteiger partial charge on any atom is -0.188 e. The van der Waals surface area contributed by atoms with E-state index in [4.69, 9.17) is 9.02 Å². The van der Waals surface area contributed by atoms with Gasteiger partial charge in [-0.2, -0.15) is 9.06 Å². The van der Waals surface area contributed by atoms with Crippen LogP contribution in [0.25, 0.3) is 0 Å². The fourth-order valence-corrected chi connectivity index (χ4v) is 0. The van der Waals surface area contributed by atoms with Crippen LogP contribution in [0.5, 0.6) is 0 Å². The van der Waals surface area contributed by atoms with Crippen LogP contribution in [-0.2, 0) is 18.6 Å². The van der Waals surface area contributed by atoms with Gasteiger partial charge in [0.1, 0.15) is 0 Å². The molecule has 0 aliphatic rings. The molecule has 1 atom stereocenters. The molecule has 18 valence electrons. The van der Waals surface area contributed by atoms with Crippen LogP contribution in [-0.4, -0.2) is 15.9 Å². The molecule has 0 aliphatic heterocycles. The summed E-state index contributed by atoms with van der Waals surface area (Å²) in [6.07, 6.45) is 0. The Morgan fingerprint density at radius 2 is 2.50 bits per heavy atom. The van der Waals surface area contributed by atoms with Gasteiger partial charge in [0.15, 0.2) is 0 Å². The summed E-state index contributed by atoms with van der Waals surface area (Å²) in [5.74, 6) is 0. The third-order valence-corrected chi connectivity index (χ3v) is 0. The van der Waals surface area contributed by atoms with E-state index in [2.05, 4.69) is 0 Å². The van der Waals surface area contributed by atoms with Crippen molar-refractivity contribution in [3.63, 3.8) is 0 Å². The first-order chi connectivity index (χ1) is 1.91. The van der Waals surface area contributed by atoms with Gasteiger partial charge in [-0.15, -0.1) is 0 Å². The van der Waals surface area contributed by atoms with Crippen molar-refractivity contribution in [3.8, 4) is 0 Å². The van der Waals surface area contributed by atoms with Gasteiger partial charge in [-0.3, -0.25) is 0 Å². The summed E-state index contributed by atoms with van der Waals surface area (Å²) in [6.45, 7) is 1.32. The molecule has 0 heterocycles. The van der Waals surface area contributed by atoms with E-state index in [-0.39, 0.29) is 27.6 Å². The Kier molecular flexibility index (Phi) is 11.5. The van der Waals surface area contributed by atoms with Crippen molar-refractivity contribution < 1.29 is 18.6 Å². The second-order valence-corrected chi connectivity index (χ2v) is 0.500. The molecule has 0 saturated carbocycles. The van der Waals surface area contributed by atoms with E-state index < -0.39 is 0 Å². The van der Waals surface area contributed by atoms with E-state index in [1.54, 1.807) is 0 Å². The Bertz CT molecular complexity index is 11.6. The van der Waals surface area contributed by atoms with Crippen molar-refractivity contribution in [3.05, 3.63) is 0 Å². The van der Waals surface area contributed by atoms with Crippen LogP contribution >= 0.6 is 9.06 Å². The van der Waals surface area contributed by atoms with Gasteiger partial charge >= 0.3 is 0 Å². The molecule has 0 nitrogen and oxygen atoms in total. The Morgan fingerprint density at radius 1 is 2.25 bits per heavy atom. The Morgan fingerprint density at radius 3 is 2.50 bits per heavy atom. The molecule has 0 bridgehead atoms. The number of rotatable bonds is 1. The van der Waals surface area contributed by atoms with Crippen molar-refractivity contribution >= 4 is 23.7 Å². The normalized spacial score (nSPS) is 9.50. The molecule has 0 aliphatic carbocycles. The fraction of sp³-hybridized carbons (Fsp3) is 0. The molecular formula is H2B2PV. The van der Waals surface area contributed by atoms with Crippen molar-refractivity contribution in [2.45, 2.75) is 0 Å². The molecule has 4 heteroatoms. The van der Waals surface area contributed by atoms with Gasteiger partial charge in [0.2, 0.25) is 0 Å². The zero-order valence-electron chi connectivity index (χ0n) is 3.10. The van der Waals surface area contributed by atoms with Crippen LogP contribution in [0.2, 0.25) is 0 Å². The van der Waals surface area contributed by atoms with Gasteiger partial charge in [-0.25, -0.2) is 0 Å². The molecule has 0 rings (SSSR count). The molecule has 0 saturated heterocycles. The third-order valence-electron chi connectivity index (χ3n) is 0. The minimum absolute atomic E-state index is 0. The molecule has 4 radical (unpaired) electrons. The molecular weight excluding hydrogens is 104 g/mol. The first kappa shape index (κ1) is 5.14. The third kappa shape index (κ3) is 11.0. The maximum Gasteiger partial charge on any atom is 0.0825 e. The van der Waals surface area contributed by atoms with Crippen LogP contribution in [0, 0.1) is 0 Å². The molecule has 0 aromatic heterocycles. The first-order valence-electron chi connectivity index (χ1n) is 1.12. The Hall–Kier alpha value is 1.14. The number of hydrogen-bond donors (Lipinski definition) is 0. The largest absolute Gasteiger partial charge is 0.188 e. The van der Waals surface area contributed by atoms with E-state index >= 15 is 0 Å². The summed E-state index contributed by atoms with van der Waals surface area (Å²) in [7, 11) is 4.77. The molecule has 0 aromatic carbocycles. The van der Waals surface area contributed by atoms with Crippen molar-refractivity contribution in [2.24, 2.45) is 0 Å². The van der Waals surface area contributed by atoms with Gasteiger partial charge in [-0.1, -0.05) is 0 Å². The fourth-order valence-electron chi connectivity index (χ4n) is 0. The van der Waals surface area contributed by atoms with Crippen LogP contribution in [0.15, 0.2) is 0 Å². The summed E-state index contributed by atoms with van der Waals surface area (Å²) >= 11 is 0. The monoisotopic (exact) mass is 107 g/mol. The average Bonchev–Trinajstić information content (AvgIpc) is 1.37. The zero-order valence-corrected chi connectivity index (χ0v) is 4.50. The summed E-state index contributed by atoms with van der Waals surface area (Å²) < 4.78 is 6.30. The van der Waals surface area contributed by atoms with Crippen molar-refractivity contribution in [1.29, 1.82) is 1.28 Å². The maximum atomic E-state index is 6.30. The Labute approximate surface area is 44.1 Å². The quantitative estimate of drug-likeness (QED) is 0.314. The second-order valence-electron chi connectivity index (χ2n) is 0.167. The molecule has 0 amide bonds. The molecule has 0 fully saturated rings. The molecule has 0 aromatic rings. The van der Waals surface area contributed by atoms with Gasteiger partial charge in [0.05, 0.1) is 6.89 Å². The van der Waals surface area contributed by atoms with Crippen molar-refractivity contribution in [1.82, 2.24) is 0 Å². The molecule has 4 heavy (non-hydrogen) atoms. The van der Waals surface area contributed by atoms with Gasteiger partial charge < -0.3 is 0 Å². The summed E-state index contributed by atoms with van der Waals surface area (Å²) in [4.78, 5) is 0. The van der Waals surface area contributed by atoms with E-state index in [1.807, 2.05) is 0 Å². The Balaban J connectivity index is 0. The predicted octanol–water partition coefficient (Wildman–Crippen LogP) is -0.438. The standard InChI is InChI=1S/B2H2P.V/c1-2-3;/h3H2;/i3D;. The van der Waals surface area contributed by atoms with E-state index in [0.717, 1.165) is 0 Å². The van der Waals surface area contributed by atoms with E-state index in [9.17, 15) is 0 Å². The summed E-state index contributed by atoms with van der Waals surface area (Å²) in [5, 5.41) is 0. The van der Waals surface area contributed by atoms with Crippen LogP contribution in [0.1, 0.15) is 0 Å². The van der Waals surface area contributed by atoms with Crippen LogP contribution in [0.3, 0.4) is 0 Å². The summed E-state index contributed by atoms with van der Waals surface area (Å²) in [6, 6.07) is 0. The molecule has 0 N–H and O–H groups in total. The predicted molar refractivity (Wildman–Crippen MR) is 21.2 cm³/mol. The second kappa shape index (κ2) is 8.91. The first-order valence-corrected chi connectivity index (χ1v) is 1.20. The van der Waals surface area contributed by atoms with E-state index in [0.29, 0.717) is 0 Å².